The summed E-state index contributed by atoms with van der Waals surface area (Å²) < 4.78 is 0. The van der Waals surface area contributed by atoms with Crippen molar-refractivity contribution in [1.82, 2.24) is 20.6 Å². The van der Waals surface area contributed by atoms with E-state index in [2.05, 4.69) is 81.3 Å². The molecule has 0 spiro atoms. The maximum Gasteiger partial charge on any atom is 0.0303 e. The number of benzene rings is 2. The fraction of sp³-hybridized carbons (Fsp3) is 0.267. The largest absolute Gasteiger partial charge is 0.313 e. The topological polar surface area (TPSA) is 49.8 Å². The van der Waals surface area contributed by atoms with Gasteiger partial charge in [-0.2, -0.15) is 0 Å². The van der Waals surface area contributed by atoms with Gasteiger partial charge >= 0.3 is 0 Å². The normalized spacial score (nSPS) is 10.9. The molecule has 0 aliphatic carbocycles. The van der Waals surface area contributed by atoms with Crippen molar-refractivity contribution < 1.29 is 0 Å². The minimum absolute atomic E-state index is 0.915. The molecule has 0 fully saturated rings. The number of unbranched alkanes of at least 4 members (excludes halogenated alkanes) is 1. The van der Waals surface area contributed by atoms with Gasteiger partial charge in [0.15, 0.2) is 0 Å². The van der Waals surface area contributed by atoms with E-state index in [1.165, 1.54) is 46.2 Å². The van der Waals surface area contributed by atoms with Crippen LogP contribution in [0.15, 0.2) is 97.6 Å². The van der Waals surface area contributed by atoms with Crippen molar-refractivity contribution in [3.05, 3.63) is 131 Å². The summed E-state index contributed by atoms with van der Waals surface area (Å²) >= 11 is 0. The van der Waals surface area contributed by atoms with Crippen molar-refractivity contribution in [1.29, 1.82) is 0 Å². The van der Waals surface area contributed by atoms with E-state index in [9.17, 15) is 0 Å². The van der Waals surface area contributed by atoms with Gasteiger partial charge < -0.3 is 10.6 Å². The van der Waals surface area contributed by atoms with Crippen LogP contribution in [0.5, 0.6) is 0 Å². The van der Waals surface area contributed by atoms with Gasteiger partial charge in [0.25, 0.3) is 0 Å². The highest BCUT2D eigenvalue weighted by molar-refractivity contribution is 5.29. The van der Waals surface area contributed by atoms with Crippen molar-refractivity contribution in [2.24, 2.45) is 0 Å². The van der Waals surface area contributed by atoms with Gasteiger partial charge in [-0.3, -0.25) is 9.97 Å². The highest BCUT2D eigenvalue weighted by Gasteiger charge is 2.00. The Bertz CT molecular complexity index is 1020. The molecule has 4 nitrogen and oxygen atoms in total. The summed E-state index contributed by atoms with van der Waals surface area (Å²) in [6.45, 7) is 3.90. The molecule has 2 heterocycles. The minimum Gasteiger partial charge on any atom is -0.313 e. The van der Waals surface area contributed by atoms with Gasteiger partial charge in [0.1, 0.15) is 0 Å². The Hall–Kier alpha value is -3.34. The Morgan fingerprint density at radius 1 is 0.500 bits per heavy atom. The lowest BCUT2D eigenvalue weighted by Crippen LogP contribution is -2.18. The van der Waals surface area contributed by atoms with E-state index >= 15 is 0 Å². The van der Waals surface area contributed by atoms with E-state index in [1.807, 2.05) is 36.9 Å². The van der Waals surface area contributed by atoms with Crippen LogP contribution in [0.4, 0.5) is 0 Å². The predicted octanol–water partition coefficient (Wildman–Crippen LogP) is 5.32. The van der Waals surface area contributed by atoms with E-state index in [4.69, 9.17) is 0 Å². The number of rotatable bonds is 13. The second-order valence-electron chi connectivity index (χ2n) is 8.78. The van der Waals surface area contributed by atoms with Crippen LogP contribution < -0.4 is 10.6 Å². The van der Waals surface area contributed by atoms with Crippen molar-refractivity contribution >= 4 is 0 Å². The molecule has 4 aromatic rings. The molecule has 4 rings (SSSR count). The molecule has 174 valence electrons. The van der Waals surface area contributed by atoms with Crippen molar-refractivity contribution in [3.63, 3.8) is 0 Å². The first kappa shape index (κ1) is 23.8. The molecule has 0 aliphatic rings. The van der Waals surface area contributed by atoms with Crippen LogP contribution in [-0.2, 0) is 25.9 Å². The third-order valence-corrected chi connectivity index (χ3v) is 5.86. The van der Waals surface area contributed by atoms with Crippen molar-refractivity contribution in [3.8, 4) is 0 Å². The zero-order valence-corrected chi connectivity index (χ0v) is 19.8. The number of nitrogens with zero attached hydrogens (tertiary/aromatic N) is 2. The van der Waals surface area contributed by atoms with Gasteiger partial charge in [-0.15, -0.1) is 0 Å². The Morgan fingerprint density at radius 2 is 0.941 bits per heavy atom. The van der Waals surface area contributed by atoms with Crippen molar-refractivity contribution in [2.45, 2.75) is 38.8 Å². The van der Waals surface area contributed by atoms with Crippen LogP contribution in [0.3, 0.4) is 0 Å². The third kappa shape index (κ3) is 8.22. The zero-order chi connectivity index (χ0) is 23.3. The van der Waals surface area contributed by atoms with Gasteiger partial charge in [0.05, 0.1) is 0 Å². The molecule has 2 aromatic carbocycles. The number of hydrogen-bond acceptors (Lipinski definition) is 4. The molecule has 34 heavy (non-hydrogen) atoms. The molecule has 0 saturated carbocycles. The van der Waals surface area contributed by atoms with Crippen molar-refractivity contribution in [2.75, 3.05) is 13.1 Å². The lowest BCUT2D eigenvalue weighted by Gasteiger charge is -2.09. The molecule has 2 aromatic heterocycles. The Labute approximate surface area is 203 Å². The SMILES string of the molecule is c1cncc(Cc2cccc(CNCCCCNCc3cccc(Cc4cccnc4)c3)c2)c1. The summed E-state index contributed by atoms with van der Waals surface area (Å²) in [7, 11) is 0. The van der Waals surface area contributed by atoms with Crippen LogP contribution in [-0.4, -0.2) is 23.1 Å². The van der Waals surface area contributed by atoms with Gasteiger partial charge in [-0.1, -0.05) is 60.7 Å². The van der Waals surface area contributed by atoms with E-state index in [0.717, 1.165) is 39.0 Å². The maximum atomic E-state index is 4.21. The summed E-state index contributed by atoms with van der Waals surface area (Å²) in [4.78, 5) is 8.42. The number of nitrogens with one attached hydrogen (secondary N) is 2. The lowest BCUT2D eigenvalue weighted by atomic mass is 10.0. The van der Waals surface area contributed by atoms with Gasteiger partial charge in [-0.25, -0.2) is 0 Å². The average Bonchev–Trinajstić information content (AvgIpc) is 2.87. The molecule has 0 amide bonds. The predicted molar refractivity (Wildman–Crippen MR) is 140 cm³/mol. The standard InChI is InChI=1S/C30H34N4/c1(13-31-21-27-9-3-7-25(17-27)19-29-11-5-15-33-23-29)2-14-32-22-28-10-4-8-26(18-28)20-30-12-6-16-34-24-30/h3-12,15-18,23-24,31-32H,1-2,13-14,19-22H2. The maximum absolute atomic E-state index is 4.21. The zero-order valence-electron chi connectivity index (χ0n) is 19.8. The number of hydrogen-bond donors (Lipinski definition) is 2. The van der Waals surface area contributed by atoms with Crippen LogP contribution in [0.25, 0.3) is 0 Å². The van der Waals surface area contributed by atoms with Gasteiger partial charge in [-0.05, 0) is 84.3 Å². The highest BCUT2D eigenvalue weighted by atomic mass is 14.9. The smallest absolute Gasteiger partial charge is 0.0303 e. The Kier molecular flexibility index (Phi) is 9.37. The summed E-state index contributed by atoms with van der Waals surface area (Å²) in [5.74, 6) is 0. The molecular weight excluding hydrogens is 416 g/mol. The van der Waals surface area contributed by atoms with E-state index in [1.54, 1.807) is 0 Å². The highest BCUT2D eigenvalue weighted by Crippen LogP contribution is 2.12. The molecule has 0 aliphatic heterocycles. The van der Waals surface area contributed by atoms with E-state index in [-0.39, 0.29) is 0 Å². The van der Waals surface area contributed by atoms with Crippen LogP contribution in [0, 0.1) is 0 Å². The van der Waals surface area contributed by atoms with Crippen LogP contribution in [0.2, 0.25) is 0 Å². The Balaban J connectivity index is 1.09. The summed E-state index contributed by atoms with van der Waals surface area (Å²) in [5, 5.41) is 7.17. The van der Waals surface area contributed by atoms with Crippen LogP contribution >= 0.6 is 0 Å². The first-order chi connectivity index (χ1) is 16.8. The summed E-state index contributed by atoms with van der Waals surface area (Å²) in [6.07, 6.45) is 11.7. The first-order valence-electron chi connectivity index (χ1n) is 12.2. The second kappa shape index (κ2) is 13.4. The average molecular weight is 451 g/mol. The fourth-order valence-corrected chi connectivity index (χ4v) is 4.14. The summed E-state index contributed by atoms with van der Waals surface area (Å²) in [6, 6.07) is 25.9. The fourth-order valence-electron chi connectivity index (χ4n) is 4.14. The first-order valence-corrected chi connectivity index (χ1v) is 12.2. The monoisotopic (exact) mass is 450 g/mol. The molecule has 0 unspecified atom stereocenters. The second-order valence-corrected chi connectivity index (χ2v) is 8.78. The number of pyridine rings is 2. The molecule has 0 atom stereocenters. The summed E-state index contributed by atoms with van der Waals surface area (Å²) in [5.41, 5.74) is 7.85. The van der Waals surface area contributed by atoms with Gasteiger partial charge in [0, 0.05) is 37.9 Å². The minimum atomic E-state index is 0.915. The molecular formula is C30H34N4. The third-order valence-electron chi connectivity index (χ3n) is 5.86. The molecule has 0 bridgehead atoms. The Morgan fingerprint density at radius 3 is 1.38 bits per heavy atom. The number of aromatic nitrogens is 2. The van der Waals surface area contributed by atoms with Gasteiger partial charge in [0.2, 0.25) is 0 Å². The molecule has 0 radical (unpaired) electrons. The molecule has 4 heteroatoms. The lowest BCUT2D eigenvalue weighted by molar-refractivity contribution is 0.582. The van der Waals surface area contributed by atoms with E-state index < -0.39 is 0 Å². The quantitative estimate of drug-likeness (QED) is 0.271. The van der Waals surface area contributed by atoms with E-state index in [0.29, 0.717) is 0 Å². The molecule has 2 N–H and O–H groups in total. The van der Waals surface area contributed by atoms with Crippen LogP contribution in [0.1, 0.15) is 46.2 Å². The molecule has 0 saturated heterocycles.